The van der Waals surface area contributed by atoms with Gasteiger partial charge in [0, 0.05) is 18.0 Å². The lowest BCUT2D eigenvalue weighted by Crippen LogP contribution is -2.41. The van der Waals surface area contributed by atoms with E-state index in [1.165, 1.54) is 6.07 Å². The molecule has 5 heteroatoms. The zero-order chi connectivity index (χ0) is 15.5. The maximum Gasteiger partial charge on any atom is 0.225 e. The lowest BCUT2D eigenvalue weighted by molar-refractivity contribution is -0.131. The maximum absolute atomic E-state index is 12.0. The Bertz CT molecular complexity index is 495. The fraction of sp³-hybridized carbons (Fsp3) is 0.533. The number of phenolic OH excluding ortho intramolecular Hbond substituents is 3. The van der Waals surface area contributed by atoms with E-state index in [-0.39, 0.29) is 29.1 Å². The van der Waals surface area contributed by atoms with E-state index in [1.807, 2.05) is 27.7 Å². The molecule has 0 aliphatic rings. The average molecular weight is 281 g/mol. The molecule has 20 heavy (non-hydrogen) atoms. The normalized spacial score (nSPS) is 11.7. The number of nitrogens with one attached hydrogen (secondary N) is 1. The summed E-state index contributed by atoms with van der Waals surface area (Å²) in [5.74, 6) is -0.579. The Hall–Kier alpha value is -1.91. The van der Waals surface area contributed by atoms with Crippen LogP contribution < -0.4 is 5.32 Å². The Morgan fingerprint density at radius 1 is 1.15 bits per heavy atom. The number of benzene rings is 1. The number of amides is 1. The molecule has 0 aliphatic heterocycles. The van der Waals surface area contributed by atoms with Crippen LogP contribution in [0, 0.1) is 11.3 Å². The summed E-state index contributed by atoms with van der Waals surface area (Å²) in [4.78, 5) is 12.0. The van der Waals surface area contributed by atoms with Crippen molar-refractivity contribution in [2.45, 2.75) is 34.1 Å². The van der Waals surface area contributed by atoms with Gasteiger partial charge in [-0.05, 0) is 24.0 Å². The minimum Gasteiger partial charge on any atom is -0.508 e. The summed E-state index contributed by atoms with van der Waals surface area (Å²) in [5.41, 5.74) is 0.0158. The van der Waals surface area contributed by atoms with Gasteiger partial charge in [-0.1, -0.05) is 27.7 Å². The molecule has 0 unspecified atom stereocenters. The zero-order valence-electron chi connectivity index (χ0n) is 12.4. The van der Waals surface area contributed by atoms with Gasteiger partial charge < -0.3 is 20.6 Å². The van der Waals surface area contributed by atoms with E-state index in [9.17, 15) is 20.1 Å². The molecule has 0 fully saturated rings. The van der Waals surface area contributed by atoms with Crippen LogP contribution in [0.2, 0.25) is 0 Å². The molecule has 4 N–H and O–H groups in total. The van der Waals surface area contributed by atoms with Crippen LogP contribution in [0.15, 0.2) is 12.1 Å². The van der Waals surface area contributed by atoms with Gasteiger partial charge in [0.25, 0.3) is 0 Å². The highest BCUT2D eigenvalue weighted by Crippen LogP contribution is 2.32. The molecule has 0 heterocycles. The van der Waals surface area contributed by atoms with Crippen molar-refractivity contribution in [1.82, 2.24) is 5.32 Å². The van der Waals surface area contributed by atoms with E-state index in [2.05, 4.69) is 5.32 Å². The van der Waals surface area contributed by atoms with Gasteiger partial charge in [-0.3, -0.25) is 4.79 Å². The number of carbonyl (C=O) groups excluding carboxylic acids is 1. The van der Waals surface area contributed by atoms with Gasteiger partial charge in [-0.25, -0.2) is 0 Å². The first-order valence-corrected chi connectivity index (χ1v) is 6.68. The Labute approximate surface area is 119 Å². The molecule has 1 rings (SSSR count). The summed E-state index contributed by atoms with van der Waals surface area (Å²) < 4.78 is 0. The van der Waals surface area contributed by atoms with Crippen LogP contribution in [0.5, 0.6) is 17.2 Å². The van der Waals surface area contributed by atoms with E-state index in [0.717, 1.165) is 6.07 Å². The Morgan fingerprint density at radius 3 is 2.25 bits per heavy atom. The minimum atomic E-state index is -0.459. The molecule has 0 radical (unpaired) electrons. The standard InChI is InChI=1S/C15H23NO4/c1-9(2)15(3,4)14(20)16-6-5-10-7-12(18)13(19)8-11(10)17/h7-9,17-19H,5-6H2,1-4H3,(H,16,20). The van der Waals surface area contributed by atoms with Gasteiger partial charge in [0.2, 0.25) is 5.91 Å². The smallest absolute Gasteiger partial charge is 0.225 e. The molecule has 1 amide bonds. The van der Waals surface area contributed by atoms with Gasteiger partial charge in [0.05, 0.1) is 0 Å². The zero-order valence-corrected chi connectivity index (χ0v) is 12.4. The van der Waals surface area contributed by atoms with Gasteiger partial charge in [-0.15, -0.1) is 0 Å². The van der Waals surface area contributed by atoms with Crippen LogP contribution in [-0.2, 0) is 11.2 Å². The maximum atomic E-state index is 12.0. The van der Waals surface area contributed by atoms with Crippen molar-refractivity contribution in [3.8, 4) is 17.2 Å². The Kier molecular flexibility index (Phi) is 4.87. The lowest BCUT2D eigenvalue weighted by Gasteiger charge is -2.27. The fourth-order valence-electron chi connectivity index (χ4n) is 1.61. The quantitative estimate of drug-likeness (QED) is 0.492. The highest BCUT2D eigenvalue weighted by atomic mass is 16.3. The van der Waals surface area contributed by atoms with Crippen LogP contribution >= 0.6 is 0 Å². The molecule has 0 atom stereocenters. The van der Waals surface area contributed by atoms with Crippen LogP contribution in [0.1, 0.15) is 33.3 Å². The van der Waals surface area contributed by atoms with Crippen molar-refractivity contribution in [2.75, 3.05) is 6.54 Å². The molecule has 0 spiro atoms. The SMILES string of the molecule is CC(C)C(C)(C)C(=O)NCCc1cc(O)c(O)cc1O. The van der Waals surface area contributed by atoms with Crippen molar-refractivity contribution in [3.05, 3.63) is 17.7 Å². The van der Waals surface area contributed by atoms with Crippen LogP contribution in [0.3, 0.4) is 0 Å². The third-order valence-electron chi connectivity index (χ3n) is 3.88. The number of phenols is 3. The van der Waals surface area contributed by atoms with Gasteiger partial charge in [0.1, 0.15) is 5.75 Å². The van der Waals surface area contributed by atoms with Crippen molar-refractivity contribution in [2.24, 2.45) is 11.3 Å². The van der Waals surface area contributed by atoms with E-state index in [4.69, 9.17) is 0 Å². The van der Waals surface area contributed by atoms with E-state index in [1.54, 1.807) is 0 Å². The predicted molar refractivity (Wildman–Crippen MR) is 76.8 cm³/mol. The Balaban J connectivity index is 2.62. The molecule has 0 bridgehead atoms. The molecule has 0 aromatic heterocycles. The number of hydrogen-bond acceptors (Lipinski definition) is 4. The molecule has 0 aliphatic carbocycles. The van der Waals surface area contributed by atoms with Crippen LogP contribution in [-0.4, -0.2) is 27.8 Å². The van der Waals surface area contributed by atoms with Gasteiger partial charge in [-0.2, -0.15) is 0 Å². The fourth-order valence-corrected chi connectivity index (χ4v) is 1.61. The third-order valence-corrected chi connectivity index (χ3v) is 3.88. The second-order valence-corrected chi connectivity index (χ2v) is 5.85. The summed E-state index contributed by atoms with van der Waals surface area (Å²) in [5, 5.41) is 31.1. The molecule has 1 aromatic rings. The van der Waals surface area contributed by atoms with Gasteiger partial charge in [0.15, 0.2) is 11.5 Å². The highest BCUT2D eigenvalue weighted by molar-refractivity contribution is 5.82. The molecular weight excluding hydrogens is 258 g/mol. The number of hydrogen-bond donors (Lipinski definition) is 4. The van der Waals surface area contributed by atoms with E-state index in [0.29, 0.717) is 18.5 Å². The largest absolute Gasteiger partial charge is 0.508 e. The van der Waals surface area contributed by atoms with Crippen LogP contribution in [0.25, 0.3) is 0 Å². The van der Waals surface area contributed by atoms with Crippen molar-refractivity contribution in [1.29, 1.82) is 0 Å². The van der Waals surface area contributed by atoms with Crippen molar-refractivity contribution >= 4 is 5.91 Å². The van der Waals surface area contributed by atoms with Crippen LogP contribution in [0.4, 0.5) is 0 Å². The van der Waals surface area contributed by atoms with E-state index >= 15 is 0 Å². The monoisotopic (exact) mass is 281 g/mol. The first-order valence-electron chi connectivity index (χ1n) is 6.68. The second-order valence-electron chi connectivity index (χ2n) is 5.85. The highest BCUT2D eigenvalue weighted by Gasteiger charge is 2.30. The van der Waals surface area contributed by atoms with Gasteiger partial charge >= 0.3 is 0 Å². The molecule has 5 nitrogen and oxygen atoms in total. The number of carbonyl (C=O) groups is 1. The molecule has 1 aromatic carbocycles. The summed E-state index contributed by atoms with van der Waals surface area (Å²) >= 11 is 0. The number of rotatable bonds is 5. The molecular formula is C15H23NO4. The first-order chi connectivity index (χ1) is 9.16. The molecule has 112 valence electrons. The van der Waals surface area contributed by atoms with E-state index < -0.39 is 5.41 Å². The summed E-state index contributed by atoms with van der Waals surface area (Å²) in [6.07, 6.45) is 0.375. The predicted octanol–water partition coefficient (Wildman–Crippen LogP) is 2.14. The van der Waals surface area contributed by atoms with Crippen molar-refractivity contribution < 1.29 is 20.1 Å². The summed E-state index contributed by atoms with van der Waals surface area (Å²) in [6, 6.07) is 2.38. The summed E-state index contributed by atoms with van der Waals surface area (Å²) in [6.45, 7) is 8.10. The average Bonchev–Trinajstić information content (AvgIpc) is 2.35. The third kappa shape index (κ3) is 3.56. The first kappa shape index (κ1) is 16.1. The molecule has 0 saturated carbocycles. The Morgan fingerprint density at radius 2 is 1.70 bits per heavy atom. The second kappa shape index (κ2) is 6.03. The summed E-state index contributed by atoms with van der Waals surface area (Å²) in [7, 11) is 0. The topological polar surface area (TPSA) is 89.8 Å². The minimum absolute atomic E-state index is 0.0463. The molecule has 0 saturated heterocycles. The number of aromatic hydroxyl groups is 3. The van der Waals surface area contributed by atoms with Crippen molar-refractivity contribution in [3.63, 3.8) is 0 Å². The lowest BCUT2D eigenvalue weighted by atomic mass is 9.80.